The number of carbonyl (C=O) groups excluding carboxylic acids is 3. The highest BCUT2D eigenvalue weighted by atomic mass is 16.6. The second-order valence-electron chi connectivity index (χ2n) is 10.0. The molecule has 202 valence electrons. The van der Waals surface area contributed by atoms with E-state index in [4.69, 9.17) is 18.9 Å². The number of carbonyl (C=O) groups is 3. The summed E-state index contributed by atoms with van der Waals surface area (Å²) in [5.74, 6) is -0.0275. The van der Waals surface area contributed by atoms with Gasteiger partial charge in [-0.05, 0) is 62.8 Å². The Morgan fingerprint density at radius 2 is 1.51 bits per heavy atom. The van der Waals surface area contributed by atoms with E-state index in [1.165, 1.54) is 0 Å². The van der Waals surface area contributed by atoms with E-state index in [2.05, 4.69) is 5.32 Å². The summed E-state index contributed by atoms with van der Waals surface area (Å²) in [5.41, 5.74) is 1.04. The Morgan fingerprint density at radius 1 is 0.892 bits per heavy atom. The smallest absolute Gasteiger partial charge is 0.408 e. The number of hydrogen-bond donors (Lipinski definition) is 1. The van der Waals surface area contributed by atoms with Gasteiger partial charge in [0.2, 0.25) is 0 Å². The lowest BCUT2D eigenvalue weighted by atomic mass is 9.96. The van der Waals surface area contributed by atoms with Gasteiger partial charge in [0.1, 0.15) is 30.6 Å². The van der Waals surface area contributed by atoms with E-state index in [0.29, 0.717) is 19.3 Å². The van der Waals surface area contributed by atoms with Crippen molar-refractivity contribution in [2.24, 2.45) is 5.92 Å². The van der Waals surface area contributed by atoms with Gasteiger partial charge >= 0.3 is 18.0 Å². The van der Waals surface area contributed by atoms with Crippen LogP contribution in [0.4, 0.5) is 4.79 Å². The summed E-state index contributed by atoms with van der Waals surface area (Å²) in [7, 11) is 1.60. The van der Waals surface area contributed by atoms with E-state index in [0.717, 1.165) is 16.9 Å². The van der Waals surface area contributed by atoms with E-state index in [1.54, 1.807) is 27.9 Å². The summed E-state index contributed by atoms with van der Waals surface area (Å²) >= 11 is 0. The van der Waals surface area contributed by atoms with Crippen LogP contribution in [-0.4, -0.2) is 36.8 Å². The summed E-state index contributed by atoms with van der Waals surface area (Å²) in [6, 6.07) is 15.8. The van der Waals surface area contributed by atoms with Crippen molar-refractivity contribution in [1.82, 2.24) is 5.32 Å². The van der Waals surface area contributed by atoms with Crippen LogP contribution in [0, 0.1) is 5.92 Å². The van der Waals surface area contributed by atoms with Crippen LogP contribution in [0.2, 0.25) is 0 Å². The van der Waals surface area contributed by atoms with Crippen LogP contribution in [0.15, 0.2) is 54.6 Å². The Labute approximate surface area is 219 Å². The molecule has 0 unspecified atom stereocenters. The van der Waals surface area contributed by atoms with Gasteiger partial charge < -0.3 is 24.3 Å². The molecule has 0 aliphatic heterocycles. The molecule has 0 fully saturated rings. The zero-order chi connectivity index (χ0) is 27.3. The van der Waals surface area contributed by atoms with Crippen molar-refractivity contribution in [1.29, 1.82) is 0 Å². The van der Waals surface area contributed by atoms with Gasteiger partial charge in [0, 0.05) is 6.42 Å². The van der Waals surface area contributed by atoms with E-state index >= 15 is 0 Å². The van der Waals surface area contributed by atoms with Crippen LogP contribution < -0.4 is 10.1 Å². The maximum Gasteiger partial charge on any atom is 0.408 e. The van der Waals surface area contributed by atoms with Gasteiger partial charge in [-0.2, -0.15) is 0 Å². The molecule has 8 nitrogen and oxygen atoms in total. The lowest BCUT2D eigenvalue weighted by Gasteiger charge is -2.24. The van der Waals surface area contributed by atoms with Gasteiger partial charge in [0.25, 0.3) is 0 Å². The SMILES string of the molecule is COc1ccc(COC(=O)CCC[C@H](C)C[C@@H](NC(=O)OC(C)(C)C)C(=O)OCc2ccccc2)cc1. The quantitative estimate of drug-likeness (QED) is 0.276. The van der Waals surface area contributed by atoms with Crippen LogP contribution in [0.3, 0.4) is 0 Å². The van der Waals surface area contributed by atoms with Crippen LogP contribution in [0.25, 0.3) is 0 Å². The first-order valence-corrected chi connectivity index (χ1v) is 12.5. The molecule has 0 heterocycles. The summed E-state index contributed by atoms with van der Waals surface area (Å²) in [5, 5.41) is 2.65. The Hall–Kier alpha value is -3.55. The minimum Gasteiger partial charge on any atom is -0.497 e. The molecular formula is C29H39NO7. The lowest BCUT2D eigenvalue weighted by Crippen LogP contribution is -2.45. The number of nitrogens with one attached hydrogen (secondary N) is 1. The molecule has 0 bridgehead atoms. The van der Waals surface area contributed by atoms with Crippen molar-refractivity contribution in [2.75, 3.05) is 7.11 Å². The Morgan fingerprint density at radius 3 is 2.14 bits per heavy atom. The minimum atomic E-state index is -0.865. The highest BCUT2D eigenvalue weighted by molar-refractivity contribution is 5.81. The molecule has 0 saturated carbocycles. The molecule has 2 aromatic rings. The third-order valence-corrected chi connectivity index (χ3v) is 5.47. The second-order valence-corrected chi connectivity index (χ2v) is 10.0. The molecule has 0 spiro atoms. The molecule has 0 aliphatic rings. The molecular weight excluding hydrogens is 474 g/mol. The number of rotatable bonds is 13. The predicted octanol–water partition coefficient (Wildman–Crippen LogP) is 5.57. The summed E-state index contributed by atoms with van der Waals surface area (Å²) < 4.78 is 21.3. The Kier molecular flexibility index (Phi) is 11.9. The molecule has 1 amide bonds. The third-order valence-electron chi connectivity index (χ3n) is 5.47. The third kappa shape index (κ3) is 12.3. The standard InChI is InChI=1S/C29H39NO7/c1-21(10-9-13-26(31)35-19-23-14-16-24(34-5)17-15-23)18-25(30-28(33)37-29(2,3)4)27(32)36-20-22-11-7-6-8-12-22/h6-8,11-12,14-17,21,25H,9-10,13,18-20H2,1-5H3,(H,30,33)/t21-,25+/m0/s1. The van der Waals surface area contributed by atoms with Crippen molar-refractivity contribution >= 4 is 18.0 Å². The topological polar surface area (TPSA) is 100 Å². The number of alkyl carbamates (subject to hydrolysis) is 1. The van der Waals surface area contributed by atoms with Crippen molar-refractivity contribution in [3.63, 3.8) is 0 Å². The molecule has 1 N–H and O–H groups in total. The highest BCUT2D eigenvalue weighted by Crippen LogP contribution is 2.18. The largest absolute Gasteiger partial charge is 0.497 e. The fourth-order valence-corrected chi connectivity index (χ4v) is 3.57. The second kappa shape index (κ2) is 14.9. The maximum absolute atomic E-state index is 12.8. The maximum atomic E-state index is 12.8. The predicted molar refractivity (Wildman–Crippen MR) is 140 cm³/mol. The van der Waals surface area contributed by atoms with Gasteiger partial charge in [-0.1, -0.05) is 55.8 Å². The van der Waals surface area contributed by atoms with Crippen LogP contribution >= 0.6 is 0 Å². The van der Waals surface area contributed by atoms with Gasteiger partial charge in [0.05, 0.1) is 7.11 Å². The monoisotopic (exact) mass is 513 g/mol. The van der Waals surface area contributed by atoms with Gasteiger partial charge in [-0.15, -0.1) is 0 Å². The van der Waals surface area contributed by atoms with E-state index in [9.17, 15) is 14.4 Å². The first-order valence-electron chi connectivity index (χ1n) is 12.5. The molecule has 2 rings (SSSR count). The van der Waals surface area contributed by atoms with Crippen molar-refractivity contribution < 1.29 is 33.3 Å². The van der Waals surface area contributed by atoms with Crippen molar-refractivity contribution in [3.05, 3.63) is 65.7 Å². The average molecular weight is 514 g/mol. The number of hydrogen-bond acceptors (Lipinski definition) is 7. The first kappa shape index (κ1) is 29.7. The molecule has 37 heavy (non-hydrogen) atoms. The number of benzene rings is 2. The first-order chi connectivity index (χ1) is 17.6. The average Bonchev–Trinajstić information content (AvgIpc) is 2.85. The van der Waals surface area contributed by atoms with E-state index < -0.39 is 23.7 Å². The molecule has 0 radical (unpaired) electrons. The summed E-state index contributed by atoms with van der Waals surface area (Å²) in [6.45, 7) is 7.55. The molecule has 8 heteroatoms. The van der Waals surface area contributed by atoms with Crippen LogP contribution in [0.5, 0.6) is 5.75 Å². The molecule has 0 aliphatic carbocycles. The van der Waals surface area contributed by atoms with Crippen molar-refractivity contribution in [3.8, 4) is 5.75 Å². The number of ether oxygens (including phenoxy) is 4. The zero-order valence-corrected chi connectivity index (χ0v) is 22.5. The van der Waals surface area contributed by atoms with Gasteiger partial charge in [-0.3, -0.25) is 4.79 Å². The molecule has 2 atom stereocenters. The van der Waals surface area contributed by atoms with E-state index in [-0.39, 0.29) is 31.5 Å². The van der Waals surface area contributed by atoms with Crippen LogP contribution in [0.1, 0.15) is 64.5 Å². The molecule has 0 aromatic heterocycles. The fourth-order valence-electron chi connectivity index (χ4n) is 3.57. The molecule has 2 aromatic carbocycles. The van der Waals surface area contributed by atoms with Crippen molar-refractivity contribution in [2.45, 2.75) is 78.2 Å². The Bertz CT molecular complexity index is 984. The number of methoxy groups -OCH3 is 1. The summed E-state index contributed by atoms with van der Waals surface area (Å²) in [6.07, 6.45) is 1.22. The van der Waals surface area contributed by atoms with Gasteiger partial charge in [0.15, 0.2) is 0 Å². The summed E-state index contributed by atoms with van der Waals surface area (Å²) in [4.78, 5) is 37.3. The molecule has 0 saturated heterocycles. The minimum absolute atomic E-state index is 0.0404. The highest BCUT2D eigenvalue weighted by Gasteiger charge is 2.27. The number of amides is 1. The Balaban J connectivity index is 1.82. The van der Waals surface area contributed by atoms with Gasteiger partial charge in [-0.25, -0.2) is 9.59 Å². The van der Waals surface area contributed by atoms with E-state index in [1.807, 2.05) is 61.5 Å². The lowest BCUT2D eigenvalue weighted by molar-refractivity contribution is -0.148. The number of esters is 2. The zero-order valence-electron chi connectivity index (χ0n) is 22.5. The fraction of sp³-hybridized carbons (Fsp3) is 0.483. The normalized spacial score (nSPS) is 12.7. The van der Waals surface area contributed by atoms with Crippen LogP contribution in [-0.2, 0) is 37.0 Å².